The van der Waals surface area contributed by atoms with Gasteiger partial charge < -0.3 is 10.2 Å². The van der Waals surface area contributed by atoms with Gasteiger partial charge in [-0.15, -0.1) is 0 Å². The summed E-state index contributed by atoms with van der Waals surface area (Å²) in [6, 6.07) is 2.13. The van der Waals surface area contributed by atoms with E-state index in [1.165, 1.54) is 19.3 Å². The molecule has 110 valence electrons. The highest BCUT2D eigenvalue weighted by molar-refractivity contribution is 5.78. The minimum atomic E-state index is 0.0177. The molecule has 1 fully saturated rings. The van der Waals surface area contributed by atoms with Gasteiger partial charge in [-0.05, 0) is 12.8 Å². The number of fused-ring (bicyclic) bond motifs is 1. The van der Waals surface area contributed by atoms with E-state index in [1.54, 1.807) is 0 Å². The Morgan fingerprint density at radius 1 is 1.35 bits per heavy atom. The van der Waals surface area contributed by atoms with E-state index in [1.807, 2.05) is 11.7 Å². The molecular weight excluding hydrogens is 250 g/mol. The van der Waals surface area contributed by atoms with Crippen LogP contribution in [0, 0.1) is 0 Å². The minimum Gasteiger partial charge on any atom is -0.457 e. The smallest absolute Gasteiger partial charge is 0.176 e. The molecule has 2 aromatic heterocycles. The van der Waals surface area contributed by atoms with Gasteiger partial charge in [0.15, 0.2) is 5.58 Å². The zero-order valence-electron chi connectivity index (χ0n) is 12.8. The zero-order valence-corrected chi connectivity index (χ0v) is 12.8. The molecule has 4 nitrogen and oxygen atoms in total. The second-order valence-electron chi connectivity index (χ2n) is 6.54. The lowest BCUT2D eigenvalue weighted by Crippen LogP contribution is -2.37. The van der Waals surface area contributed by atoms with E-state index in [4.69, 9.17) is 15.2 Å². The molecule has 3 rings (SSSR count). The van der Waals surface area contributed by atoms with Crippen LogP contribution in [0.5, 0.6) is 0 Å². The fraction of sp³-hybridized carbons (Fsp3) is 0.688. The summed E-state index contributed by atoms with van der Waals surface area (Å²) in [4.78, 5) is 0. The molecule has 1 aliphatic carbocycles. The number of aromatic nitrogens is 2. The van der Waals surface area contributed by atoms with Gasteiger partial charge in [0.1, 0.15) is 17.0 Å². The van der Waals surface area contributed by atoms with Gasteiger partial charge in [-0.1, -0.05) is 33.1 Å². The molecule has 0 spiro atoms. The Morgan fingerprint density at radius 3 is 2.65 bits per heavy atom. The number of nitrogens with two attached hydrogens (primary N) is 1. The number of hydrogen-bond donors (Lipinski definition) is 1. The number of furan rings is 1. The maximum atomic E-state index is 6.15. The predicted molar refractivity (Wildman–Crippen MR) is 80.9 cm³/mol. The summed E-state index contributed by atoms with van der Waals surface area (Å²) in [5.41, 5.74) is 9.31. The lowest BCUT2D eigenvalue weighted by atomic mass is 9.71. The van der Waals surface area contributed by atoms with Crippen LogP contribution in [0.3, 0.4) is 0 Å². The highest BCUT2D eigenvalue weighted by Crippen LogP contribution is 2.42. The fourth-order valence-electron chi connectivity index (χ4n) is 3.46. The van der Waals surface area contributed by atoms with Crippen molar-refractivity contribution in [2.24, 2.45) is 12.8 Å². The van der Waals surface area contributed by atoms with Gasteiger partial charge in [0.2, 0.25) is 0 Å². The van der Waals surface area contributed by atoms with Gasteiger partial charge in [0, 0.05) is 31.0 Å². The SMILES string of the molecule is CC(C)c1cc2c(o1)c(C1(CN)CCCCC1)nn2C. The van der Waals surface area contributed by atoms with Gasteiger partial charge in [0.25, 0.3) is 0 Å². The summed E-state index contributed by atoms with van der Waals surface area (Å²) < 4.78 is 8.07. The zero-order chi connectivity index (χ0) is 14.3. The summed E-state index contributed by atoms with van der Waals surface area (Å²) in [6.45, 7) is 4.98. The first-order chi connectivity index (χ1) is 9.57. The molecule has 0 atom stereocenters. The summed E-state index contributed by atoms with van der Waals surface area (Å²) in [6.07, 6.45) is 6.06. The van der Waals surface area contributed by atoms with E-state index in [0.717, 1.165) is 35.4 Å². The van der Waals surface area contributed by atoms with Crippen molar-refractivity contribution in [3.05, 3.63) is 17.5 Å². The van der Waals surface area contributed by atoms with E-state index < -0.39 is 0 Å². The molecule has 2 aromatic rings. The van der Waals surface area contributed by atoms with E-state index in [0.29, 0.717) is 12.5 Å². The Bertz CT molecular complexity index is 603. The van der Waals surface area contributed by atoms with Crippen LogP contribution >= 0.6 is 0 Å². The predicted octanol–water partition coefficient (Wildman–Crippen LogP) is 3.45. The van der Waals surface area contributed by atoms with Crippen LogP contribution < -0.4 is 5.73 Å². The molecule has 2 heterocycles. The molecule has 20 heavy (non-hydrogen) atoms. The molecule has 0 aliphatic heterocycles. The van der Waals surface area contributed by atoms with Gasteiger partial charge in [-0.3, -0.25) is 4.68 Å². The third-order valence-electron chi connectivity index (χ3n) is 4.82. The van der Waals surface area contributed by atoms with Crippen molar-refractivity contribution in [1.82, 2.24) is 9.78 Å². The number of hydrogen-bond acceptors (Lipinski definition) is 3. The van der Waals surface area contributed by atoms with Crippen LogP contribution in [0.4, 0.5) is 0 Å². The first kappa shape index (κ1) is 13.7. The van der Waals surface area contributed by atoms with Crippen LogP contribution in [0.2, 0.25) is 0 Å². The van der Waals surface area contributed by atoms with Crippen LogP contribution in [-0.2, 0) is 12.5 Å². The van der Waals surface area contributed by atoms with Crippen LogP contribution in [0.1, 0.15) is 63.3 Å². The highest BCUT2D eigenvalue weighted by Gasteiger charge is 2.38. The van der Waals surface area contributed by atoms with Crippen molar-refractivity contribution < 1.29 is 4.42 Å². The molecule has 4 heteroatoms. The Kier molecular flexibility index (Phi) is 3.36. The molecule has 0 amide bonds. The average molecular weight is 275 g/mol. The first-order valence-corrected chi connectivity index (χ1v) is 7.74. The largest absolute Gasteiger partial charge is 0.457 e. The van der Waals surface area contributed by atoms with Crippen LogP contribution in [0.15, 0.2) is 10.5 Å². The van der Waals surface area contributed by atoms with E-state index in [9.17, 15) is 0 Å². The quantitative estimate of drug-likeness (QED) is 0.933. The average Bonchev–Trinajstić information content (AvgIpc) is 3.01. The Labute approximate surface area is 120 Å². The van der Waals surface area contributed by atoms with Crippen LogP contribution in [0.25, 0.3) is 11.1 Å². The summed E-state index contributed by atoms with van der Waals surface area (Å²) in [5, 5.41) is 4.76. The third-order valence-corrected chi connectivity index (χ3v) is 4.82. The molecular formula is C16H25N3O. The number of aryl methyl sites for hydroxylation is 1. The number of rotatable bonds is 3. The van der Waals surface area contributed by atoms with Gasteiger partial charge >= 0.3 is 0 Å². The Balaban J connectivity index is 2.14. The number of nitrogens with zero attached hydrogens (tertiary/aromatic N) is 2. The first-order valence-electron chi connectivity index (χ1n) is 7.74. The lowest BCUT2D eigenvalue weighted by molar-refractivity contribution is 0.290. The minimum absolute atomic E-state index is 0.0177. The van der Waals surface area contributed by atoms with Crippen LogP contribution in [-0.4, -0.2) is 16.3 Å². The van der Waals surface area contributed by atoms with Gasteiger partial charge in [-0.2, -0.15) is 5.10 Å². The topological polar surface area (TPSA) is 57.0 Å². The maximum absolute atomic E-state index is 6.15. The second-order valence-corrected chi connectivity index (χ2v) is 6.54. The standard InChI is InChI=1S/C16H25N3O/c1-11(2)13-9-12-14(20-13)15(18-19(12)3)16(10-17)7-5-4-6-8-16/h9,11H,4-8,10,17H2,1-3H3. The van der Waals surface area contributed by atoms with Crippen molar-refractivity contribution in [3.63, 3.8) is 0 Å². The molecule has 0 aromatic carbocycles. The molecule has 0 radical (unpaired) electrons. The van der Waals surface area contributed by atoms with Crippen molar-refractivity contribution in [2.75, 3.05) is 6.54 Å². The third kappa shape index (κ3) is 1.97. The van der Waals surface area contributed by atoms with Crippen molar-refractivity contribution in [1.29, 1.82) is 0 Å². The summed E-state index contributed by atoms with van der Waals surface area (Å²) in [7, 11) is 2.00. The fourth-order valence-corrected chi connectivity index (χ4v) is 3.46. The lowest BCUT2D eigenvalue weighted by Gasteiger charge is -2.34. The molecule has 1 saturated carbocycles. The molecule has 1 aliphatic rings. The Morgan fingerprint density at radius 2 is 2.05 bits per heavy atom. The highest BCUT2D eigenvalue weighted by atomic mass is 16.3. The van der Waals surface area contributed by atoms with E-state index in [-0.39, 0.29) is 5.41 Å². The van der Waals surface area contributed by atoms with E-state index >= 15 is 0 Å². The Hall–Kier alpha value is -1.29. The van der Waals surface area contributed by atoms with E-state index in [2.05, 4.69) is 19.9 Å². The van der Waals surface area contributed by atoms with Crippen molar-refractivity contribution in [2.45, 2.75) is 57.3 Å². The monoisotopic (exact) mass is 275 g/mol. The van der Waals surface area contributed by atoms with Crippen molar-refractivity contribution >= 4 is 11.1 Å². The molecule has 0 saturated heterocycles. The second kappa shape index (κ2) is 4.92. The maximum Gasteiger partial charge on any atom is 0.176 e. The van der Waals surface area contributed by atoms with Gasteiger partial charge in [-0.25, -0.2) is 0 Å². The molecule has 2 N–H and O–H groups in total. The van der Waals surface area contributed by atoms with Crippen molar-refractivity contribution in [3.8, 4) is 0 Å². The summed E-state index contributed by atoms with van der Waals surface area (Å²) in [5.74, 6) is 1.44. The molecule has 0 bridgehead atoms. The van der Waals surface area contributed by atoms with Gasteiger partial charge in [0.05, 0.1) is 0 Å². The summed E-state index contributed by atoms with van der Waals surface area (Å²) >= 11 is 0. The molecule has 0 unspecified atom stereocenters. The normalized spacial score (nSPS) is 19.1.